The molecule has 0 aliphatic carbocycles. The van der Waals surface area contributed by atoms with Crippen LogP contribution in [0.1, 0.15) is 41.9 Å². The molecule has 0 aliphatic rings. The van der Waals surface area contributed by atoms with Gasteiger partial charge in [0.25, 0.3) is 5.91 Å². The Hall–Kier alpha value is -4.96. The minimum absolute atomic E-state index is 0.183. The van der Waals surface area contributed by atoms with Crippen molar-refractivity contribution in [3.05, 3.63) is 119 Å². The Morgan fingerprint density at radius 1 is 0.737 bits per heavy atom. The van der Waals surface area contributed by atoms with Crippen molar-refractivity contribution in [2.75, 3.05) is 10.6 Å². The average Bonchev–Trinajstić information content (AvgIpc) is 2.92. The number of amides is 2. The van der Waals surface area contributed by atoms with Crippen molar-refractivity contribution < 1.29 is 29.4 Å². The number of carboxylic acids is 2. The van der Waals surface area contributed by atoms with Crippen LogP contribution in [0.5, 0.6) is 0 Å². The van der Waals surface area contributed by atoms with Gasteiger partial charge in [-0.3, -0.25) is 9.59 Å². The number of hydrogen-bond donors (Lipinski definition) is 4. The summed E-state index contributed by atoms with van der Waals surface area (Å²) in [6.07, 6.45) is 1.58. The van der Waals surface area contributed by atoms with Crippen LogP contribution < -0.4 is 10.6 Å². The Bertz CT molecular complexity index is 1500. The number of nitrogens with zero attached hydrogens (tertiary/aromatic N) is 1. The number of nitrogens with one attached hydrogen (secondary N) is 2. The summed E-state index contributed by atoms with van der Waals surface area (Å²) in [5.41, 5.74) is 0.287. The maximum absolute atomic E-state index is 13.2. The molecule has 0 spiro atoms. The zero-order chi connectivity index (χ0) is 27.1. The largest absolute Gasteiger partial charge is 0.478 e. The van der Waals surface area contributed by atoms with Gasteiger partial charge in [0, 0.05) is 16.8 Å². The lowest BCUT2D eigenvalue weighted by molar-refractivity contribution is -0.115. The van der Waals surface area contributed by atoms with Crippen LogP contribution in [0.25, 0.3) is 0 Å². The van der Waals surface area contributed by atoms with Crippen LogP contribution in [0, 0.1) is 0 Å². The molecule has 0 saturated heterocycles. The highest BCUT2D eigenvalue weighted by atomic mass is 32.2. The molecule has 10 heteroatoms. The van der Waals surface area contributed by atoms with Gasteiger partial charge in [0.05, 0.1) is 16.7 Å². The van der Waals surface area contributed by atoms with Gasteiger partial charge in [0.15, 0.2) is 0 Å². The SMILES string of the molecule is O=C(O)c1ccc(C(=O)Nc2cccc(SC(C(=O)Nc3ccccn3)c3ccccc3)c2)c(C(=O)O)c1. The van der Waals surface area contributed by atoms with Crippen molar-refractivity contribution in [1.29, 1.82) is 0 Å². The minimum Gasteiger partial charge on any atom is -0.478 e. The summed E-state index contributed by atoms with van der Waals surface area (Å²) in [5.74, 6) is -3.30. The molecular formula is C28H21N3O6S. The van der Waals surface area contributed by atoms with Crippen molar-refractivity contribution in [2.24, 2.45) is 0 Å². The Kier molecular flexibility index (Phi) is 8.14. The molecule has 1 atom stereocenters. The third kappa shape index (κ3) is 6.42. The van der Waals surface area contributed by atoms with Gasteiger partial charge in [-0.05, 0) is 54.1 Å². The Balaban J connectivity index is 1.56. The number of rotatable bonds is 9. The van der Waals surface area contributed by atoms with Crippen molar-refractivity contribution >= 4 is 47.0 Å². The highest BCUT2D eigenvalue weighted by molar-refractivity contribution is 8.00. The molecular weight excluding hydrogens is 506 g/mol. The second-order valence-corrected chi connectivity index (χ2v) is 9.14. The second-order valence-electron chi connectivity index (χ2n) is 7.97. The van der Waals surface area contributed by atoms with E-state index in [0.29, 0.717) is 16.4 Å². The molecule has 0 radical (unpaired) electrons. The quantitative estimate of drug-likeness (QED) is 0.217. The number of carbonyl (C=O) groups is 4. The van der Waals surface area contributed by atoms with Crippen molar-refractivity contribution in [2.45, 2.75) is 10.1 Å². The molecule has 0 fully saturated rings. The number of carbonyl (C=O) groups excluding carboxylic acids is 2. The molecule has 1 heterocycles. The zero-order valence-electron chi connectivity index (χ0n) is 19.7. The van der Waals surface area contributed by atoms with E-state index in [4.69, 9.17) is 5.11 Å². The summed E-state index contributed by atoms with van der Waals surface area (Å²) < 4.78 is 0. The van der Waals surface area contributed by atoms with Gasteiger partial charge in [-0.25, -0.2) is 14.6 Å². The van der Waals surface area contributed by atoms with Crippen LogP contribution in [0.2, 0.25) is 0 Å². The van der Waals surface area contributed by atoms with Gasteiger partial charge in [-0.1, -0.05) is 42.5 Å². The van der Waals surface area contributed by atoms with Gasteiger partial charge >= 0.3 is 11.9 Å². The Morgan fingerprint density at radius 2 is 1.50 bits per heavy atom. The molecule has 2 amide bonds. The van der Waals surface area contributed by atoms with Crippen LogP contribution >= 0.6 is 11.8 Å². The van der Waals surface area contributed by atoms with Crippen molar-refractivity contribution in [3.8, 4) is 0 Å². The average molecular weight is 528 g/mol. The molecule has 4 rings (SSSR count). The van der Waals surface area contributed by atoms with Crippen molar-refractivity contribution in [1.82, 2.24) is 4.98 Å². The molecule has 9 nitrogen and oxygen atoms in total. The zero-order valence-corrected chi connectivity index (χ0v) is 20.5. The first-order chi connectivity index (χ1) is 18.3. The Labute approximate surface area is 221 Å². The highest BCUT2D eigenvalue weighted by Crippen LogP contribution is 2.37. The first-order valence-electron chi connectivity index (χ1n) is 11.3. The summed E-state index contributed by atoms with van der Waals surface area (Å²) in [6.45, 7) is 0. The molecule has 1 unspecified atom stereocenters. The highest BCUT2D eigenvalue weighted by Gasteiger charge is 2.23. The first kappa shape index (κ1) is 26.1. The molecule has 0 bridgehead atoms. The predicted octanol–water partition coefficient (Wildman–Crippen LogP) is 5.20. The van der Waals surface area contributed by atoms with Gasteiger partial charge in [-0.15, -0.1) is 11.8 Å². The molecule has 190 valence electrons. The van der Waals surface area contributed by atoms with Crippen LogP contribution in [0.3, 0.4) is 0 Å². The molecule has 4 aromatic rings. The second kappa shape index (κ2) is 11.8. The third-order valence-corrected chi connectivity index (χ3v) is 6.59. The van der Waals surface area contributed by atoms with E-state index in [2.05, 4.69) is 15.6 Å². The van der Waals surface area contributed by atoms with Gasteiger partial charge in [0.1, 0.15) is 11.1 Å². The van der Waals surface area contributed by atoms with Crippen LogP contribution in [0.15, 0.2) is 102 Å². The number of benzene rings is 3. The molecule has 1 aromatic heterocycles. The monoisotopic (exact) mass is 527 g/mol. The Morgan fingerprint density at radius 3 is 2.18 bits per heavy atom. The lowest BCUT2D eigenvalue weighted by Crippen LogP contribution is -2.19. The van der Waals surface area contributed by atoms with Gasteiger partial charge < -0.3 is 20.8 Å². The maximum Gasteiger partial charge on any atom is 0.336 e. The first-order valence-corrected chi connectivity index (χ1v) is 12.2. The summed E-state index contributed by atoms with van der Waals surface area (Å²) in [4.78, 5) is 53.8. The smallest absolute Gasteiger partial charge is 0.336 e. The molecule has 0 saturated carbocycles. The topological polar surface area (TPSA) is 146 Å². The molecule has 4 N–H and O–H groups in total. The number of hydrogen-bond acceptors (Lipinski definition) is 6. The van der Waals surface area contributed by atoms with E-state index >= 15 is 0 Å². The number of aromatic carboxylic acids is 2. The number of thioether (sulfide) groups is 1. The molecule has 38 heavy (non-hydrogen) atoms. The summed E-state index contributed by atoms with van der Waals surface area (Å²) in [5, 5.41) is 23.5. The predicted molar refractivity (Wildman–Crippen MR) is 143 cm³/mol. The fourth-order valence-electron chi connectivity index (χ4n) is 3.56. The van der Waals surface area contributed by atoms with E-state index in [1.165, 1.54) is 17.8 Å². The van der Waals surface area contributed by atoms with E-state index in [0.717, 1.165) is 17.7 Å². The number of aromatic nitrogens is 1. The van der Waals surface area contributed by atoms with Crippen LogP contribution in [-0.2, 0) is 4.79 Å². The molecule has 3 aromatic carbocycles. The number of pyridine rings is 1. The van der Waals surface area contributed by atoms with E-state index < -0.39 is 28.7 Å². The number of anilines is 2. The third-order valence-electron chi connectivity index (χ3n) is 5.34. The molecule has 0 aliphatic heterocycles. The van der Waals surface area contributed by atoms with Crippen LogP contribution in [-0.4, -0.2) is 39.0 Å². The lowest BCUT2D eigenvalue weighted by atomic mass is 10.0. The minimum atomic E-state index is -1.42. The standard InChI is InChI=1S/C28H21N3O6S/c32-25(21-13-12-18(27(34)35)15-22(21)28(36)37)30-19-9-6-10-20(16-19)38-24(17-7-2-1-3-8-17)26(33)31-23-11-4-5-14-29-23/h1-16,24H,(H,30,32)(H,34,35)(H,36,37)(H,29,31,33). The fraction of sp³-hybridized carbons (Fsp3) is 0.0357. The summed E-state index contributed by atoms with van der Waals surface area (Å²) in [6, 6.07) is 24.5. The maximum atomic E-state index is 13.2. The summed E-state index contributed by atoms with van der Waals surface area (Å²) in [7, 11) is 0. The number of carboxylic acid groups (broad SMARTS) is 2. The van der Waals surface area contributed by atoms with Crippen LogP contribution in [0.4, 0.5) is 11.5 Å². The van der Waals surface area contributed by atoms with Gasteiger partial charge in [-0.2, -0.15) is 0 Å². The van der Waals surface area contributed by atoms with Gasteiger partial charge in [0.2, 0.25) is 5.91 Å². The van der Waals surface area contributed by atoms with E-state index in [9.17, 15) is 24.3 Å². The van der Waals surface area contributed by atoms with E-state index in [1.54, 1.807) is 48.7 Å². The normalized spacial score (nSPS) is 11.3. The van der Waals surface area contributed by atoms with Crippen molar-refractivity contribution in [3.63, 3.8) is 0 Å². The fourth-order valence-corrected chi connectivity index (χ4v) is 4.65. The summed E-state index contributed by atoms with van der Waals surface area (Å²) >= 11 is 1.27. The van der Waals surface area contributed by atoms with E-state index in [-0.39, 0.29) is 17.0 Å². The van der Waals surface area contributed by atoms with E-state index in [1.807, 2.05) is 30.3 Å². The lowest BCUT2D eigenvalue weighted by Gasteiger charge is -2.17.